The highest BCUT2D eigenvalue weighted by Crippen LogP contribution is 2.28. The van der Waals surface area contributed by atoms with Gasteiger partial charge in [-0.1, -0.05) is 18.2 Å². The Morgan fingerprint density at radius 1 is 0.857 bits per heavy atom. The minimum absolute atomic E-state index is 0.765. The molecule has 0 aliphatic carbocycles. The first kappa shape index (κ1) is 18.5. The van der Waals surface area contributed by atoms with E-state index in [1.54, 1.807) is 14.2 Å². The van der Waals surface area contributed by atoms with Crippen molar-refractivity contribution in [1.29, 1.82) is 0 Å². The zero-order valence-corrected chi connectivity index (χ0v) is 16.7. The molecule has 3 aromatic rings. The molecule has 1 aliphatic heterocycles. The summed E-state index contributed by atoms with van der Waals surface area (Å²) in [5.41, 5.74) is 4.13. The molecule has 4 rings (SSSR count). The van der Waals surface area contributed by atoms with Crippen molar-refractivity contribution >= 4 is 16.9 Å². The average molecular weight is 378 g/mol. The van der Waals surface area contributed by atoms with Gasteiger partial charge in [0.25, 0.3) is 0 Å². The van der Waals surface area contributed by atoms with Gasteiger partial charge in [-0.25, -0.2) is 9.97 Å². The van der Waals surface area contributed by atoms with Crippen molar-refractivity contribution in [2.45, 2.75) is 13.5 Å². The van der Waals surface area contributed by atoms with E-state index in [0.717, 1.165) is 66.8 Å². The third-order valence-electron chi connectivity index (χ3n) is 5.25. The SMILES string of the molecule is COc1ccc(CN2CCN(c3nc4ccccc4nc3C)CC2)cc1OC. The van der Waals surface area contributed by atoms with E-state index < -0.39 is 0 Å². The fourth-order valence-corrected chi connectivity index (χ4v) is 3.73. The molecule has 0 atom stereocenters. The highest BCUT2D eigenvalue weighted by molar-refractivity contribution is 5.76. The lowest BCUT2D eigenvalue weighted by Crippen LogP contribution is -2.46. The smallest absolute Gasteiger partial charge is 0.161 e. The topological polar surface area (TPSA) is 50.7 Å². The maximum Gasteiger partial charge on any atom is 0.161 e. The number of ether oxygens (including phenoxy) is 2. The molecule has 6 nitrogen and oxygen atoms in total. The number of hydrogen-bond acceptors (Lipinski definition) is 6. The van der Waals surface area contributed by atoms with Gasteiger partial charge in [0.2, 0.25) is 0 Å². The summed E-state index contributed by atoms with van der Waals surface area (Å²) < 4.78 is 10.8. The van der Waals surface area contributed by atoms with Crippen LogP contribution in [0.3, 0.4) is 0 Å². The van der Waals surface area contributed by atoms with Crippen LogP contribution in [-0.4, -0.2) is 55.3 Å². The van der Waals surface area contributed by atoms with E-state index in [9.17, 15) is 0 Å². The zero-order valence-electron chi connectivity index (χ0n) is 16.7. The number of rotatable bonds is 5. The molecule has 0 amide bonds. The van der Waals surface area contributed by atoms with Gasteiger partial charge < -0.3 is 14.4 Å². The van der Waals surface area contributed by atoms with Crippen LogP contribution in [0.25, 0.3) is 11.0 Å². The van der Waals surface area contributed by atoms with Crippen molar-refractivity contribution < 1.29 is 9.47 Å². The van der Waals surface area contributed by atoms with Gasteiger partial charge in [0, 0.05) is 32.7 Å². The monoisotopic (exact) mass is 378 g/mol. The minimum Gasteiger partial charge on any atom is -0.493 e. The molecule has 0 unspecified atom stereocenters. The Morgan fingerprint density at radius 2 is 1.54 bits per heavy atom. The van der Waals surface area contributed by atoms with Crippen LogP contribution in [0, 0.1) is 6.92 Å². The molecule has 1 aliphatic rings. The number of anilines is 1. The van der Waals surface area contributed by atoms with Crippen LogP contribution in [0.1, 0.15) is 11.3 Å². The van der Waals surface area contributed by atoms with E-state index in [1.165, 1.54) is 5.56 Å². The summed E-state index contributed by atoms with van der Waals surface area (Å²) in [6.07, 6.45) is 0. The Labute approximate surface area is 165 Å². The predicted octanol–water partition coefficient (Wildman–Crippen LogP) is 3.28. The molecule has 146 valence electrons. The molecule has 0 N–H and O–H groups in total. The highest BCUT2D eigenvalue weighted by atomic mass is 16.5. The van der Waals surface area contributed by atoms with E-state index in [4.69, 9.17) is 19.4 Å². The molecule has 6 heteroatoms. The van der Waals surface area contributed by atoms with Crippen molar-refractivity contribution in [2.75, 3.05) is 45.3 Å². The molecule has 28 heavy (non-hydrogen) atoms. The van der Waals surface area contributed by atoms with Gasteiger partial charge in [-0.3, -0.25) is 4.90 Å². The number of para-hydroxylation sites is 2. The Hall–Kier alpha value is -2.86. The van der Waals surface area contributed by atoms with Gasteiger partial charge in [-0.05, 0) is 36.8 Å². The van der Waals surface area contributed by atoms with E-state index in [0.29, 0.717) is 0 Å². The number of nitrogens with zero attached hydrogens (tertiary/aromatic N) is 4. The average Bonchev–Trinajstić information content (AvgIpc) is 2.74. The van der Waals surface area contributed by atoms with Crippen molar-refractivity contribution in [3.05, 3.63) is 53.7 Å². The molecule has 1 fully saturated rings. The Bertz CT molecular complexity index is 968. The Morgan fingerprint density at radius 3 is 2.21 bits per heavy atom. The summed E-state index contributed by atoms with van der Waals surface area (Å²) in [6.45, 7) is 6.81. The lowest BCUT2D eigenvalue weighted by atomic mass is 10.1. The lowest BCUT2D eigenvalue weighted by Gasteiger charge is -2.36. The molecule has 0 saturated carbocycles. The number of benzene rings is 2. The van der Waals surface area contributed by atoms with Crippen LogP contribution in [0.4, 0.5) is 5.82 Å². The van der Waals surface area contributed by atoms with Gasteiger partial charge in [-0.2, -0.15) is 0 Å². The molecular weight excluding hydrogens is 352 g/mol. The van der Waals surface area contributed by atoms with Crippen LogP contribution >= 0.6 is 0 Å². The number of hydrogen-bond donors (Lipinski definition) is 0. The second kappa shape index (κ2) is 8.02. The van der Waals surface area contributed by atoms with E-state index in [-0.39, 0.29) is 0 Å². The van der Waals surface area contributed by atoms with Gasteiger partial charge in [-0.15, -0.1) is 0 Å². The number of piperazine rings is 1. The first-order chi connectivity index (χ1) is 13.7. The van der Waals surface area contributed by atoms with Crippen LogP contribution in [0.15, 0.2) is 42.5 Å². The summed E-state index contributed by atoms with van der Waals surface area (Å²) in [5, 5.41) is 0. The van der Waals surface area contributed by atoms with E-state index >= 15 is 0 Å². The van der Waals surface area contributed by atoms with Crippen molar-refractivity contribution in [3.63, 3.8) is 0 Å². The normalized spacial score (nSPS) is 15.0. The van der Waals surface area contributed by atoms with Crippen molar-refractivity contribution in [3.8, 4) is 11.5 Å². The zero-order chi connectivity index (χ0) is 19.5. The summed E-state index contributed by atoms with van der Waals surface area (Å²) in [4.78, 5) is 14.4. The molecular formula is C22H26N4O2. The molecule has 0 bridgehead atoms. The third-order valence-corrected chi connectivity index (χ3v) is 5.25. The molecule has 1 saturated heterocycles. The second-order valence-corrected chi connectivity index (χ2v) is 7.07. The van der Waals surface area contributed by atoms with Gasteiger partial charge in [0.1, 0.15) is 0 Å². The molecule has 1 aromatic heterocycles. The fourth-order valence-electron chi connectivity index (χ4n) is 3.73. The summed E-state index contributed by atoms with van der Waals surface area (Å²) in [5.74, 6) is 2.55. The quantitative estimate of drug-likeness (QED) is 0.679. The maximum absolute atomic E-state index is 5.42. The fraction of sp³-hybridized carbons (Fsp3) is 0.364. The van der Waals surface area contributed by atoms with Crippen LogP contribution in [0.2, 0.25) is 0 Å². The lowest BCUT2D eigenvalue weighted by molar-refractivity contribution is 0.248. The van der Waals surface area contributed by atoms with Crippen molar-refractivity contribution in [1.82, 2.24) is 14.9 Å². The van der Waals surface area contributed by atoms with E-state index in [2.05, 4.69) is 21.9 Å². The van der Waals surface area contributed by atoms with Crippen LogP contribution in [-0.2, 0) is 6.54 Å². The first-order valence-electron chi connectivity index (χ1n) is 9.59. The van der Waals surface area contributed by atoms with Crippen molar-refractivity contribution in [2.24, 2.45) is 0 Å². The van der Waals surface area contributed by atoms with Gasteiger partial charge in [0.05, 0.1) is 30.9 Å². The summed E-state index contributed by atoms with van der Waals surface area (Å²) in [6, 6.07) is 14.2. The molecule has 2 aromatic carbocycles. The predicted molar refractivity (Wildman–Crippen MR) is 111 cm³/mol. The van der Waals surface area contributed by atoms with E-state index in [1.807, 2.05) is 37.3 Å². The van der Waals surface area contributed by atoms with Gasteiger partial charge >= 0.3 is 0 Å². The number of aromatic nitrogens is 2. The standard InChI is InChI=1S/C22H26N4O2/c1-16-22(24-19-7-5-4-6-18(19)23-16)26-12-10-25(11-13-26)15-17-8-9-20(27-2)21(14-17)28-3/h4-9,14H,10-13,15H2,1-3H3. The Kier molecular flexibility index (Phi) is 5.30. The first-order valence-corrected chi connectivity index (χ1v) is 9.59. The number of aryl methyl sites for hydroxylation is 1. The molecule has 2 heterocycles. The minimum atomic E-state index is 0.765. The largest absolute Gasteiger partial charge is 0.493 e. The van der Waals surface area contributed by atoms with Gasteiger partial charge in [0.15, 0.2) is 17.3 Å². The number of fused-ring (bicyclic) bond motifs is 1. The Balaban J connectivity index is 1.43. The highest BCUT2D eigenvalue weighted by Gasteiger charge is 2.21. The van der Waals surface area contributed by atoms with Crippen LogP contribution < -0.4 is 14.4 Å². The number of methoxy groups -OCH3 is 2. The molecule has 0 spiro atoms. The maximum atomic E-state index is 5.42. The summed E-state index contributed by atoms with van der Waals surface area (Å²) >= 11 is 0. The second-order valence-electron chi connectivity index (χ2n) is 7.07. The molecule has 0 radical (unpaired) electrons. The third kappa shape index (κ3) is 3.73. The van der Waals surface area contributed by atoms with Crippen LogP contribution in [0.5, 0.6) is 11.5 Å². The summed E-state index contributed by atoms with van der Waals surface area (Å²) in [7, 11) is 3.34.